The van der Waals surface area contributed by atoms with E-state index in [0.717, 1.165) is 22.8 Å². The normalized spacial score (nSPS) is 14.0. The number of hydrogen-bond donors (Lipinski definition) is 0. The van der Waals surface area contributed by atoms with E-state index in [1.165, 1.54) is 0 Å². The van der Waals surface area contributed by atoms with Crippen LogP contribution in [0.4, 0.5) is 0 Å². The fourth-order valence-electron chi connectivity index (χ4n) is 2.45. The van der Waals surface area contributed by atoms with Crippen molar-refractivity contribution >= 4 is 23.6 Å². The average Bonchev–Trinajstić information content (AvgIpc) is 3.17. The Balaban J connectivity index is 1.61. The van der Waals surface area contributed by atoms with Crippen LogP contribution in [0.3, 0.4) is 0 Å². The third kappa shape index (κ3) is 4.44. The predicted octanol–water partition coefficient (Wildman–Crippen LogP) is 4.60. The van der Waals surface area contributed by atoms with Crippen LogP contribution in [0.15, 0.2) is 70.3 Å². The minimum absolute atomic E-state index is 0.0441. The number of furan rings is 1. The van der Waals surface area contributed by atoms with Gasteiger partial charge in [-0.05, 0) is 42.5 Å². The number of carbonyl (C=O) groups is 1. The summed E-state index contributed by atoms with van der Waals surface area (Å²) >= 11 is 0. The van der Waals surface area contributed by atoms with E-state index < -0.39 is 0 Å². The smallest absolute Gasteiger partial charge is 0.166 e. The van der Waals surface area contributed by atoms with Gasteiger partial charge in [-0.3, -0.25) is 9.79 Å². The van der Waals surface area contributed by atoms with E-state index in [1.54, 1.807) is 19.4 Å². The van der Waals surface area contributed by atoms with Gasteiger partial charge >= 0.3 is 0 Å². The molecule has 0 N–H and O–H groups in total. The van der Waals surface area contributed by atoms with Crippen molar-refractivity contribution in [1.82, 2.24) is 0 Å². The van der Waals surface area contributed by atoms with Crippen molar-refractivity contribution in [2.45, 2.75) is 6.42 Å². The Labute approximate surface area is 146 Å². The van der Waals surface area contributed by atoms with Gasteiger partial charge in [-0.2, -0.15) is 0 Å². The summed E-state index contributed by atoms with van der Waals surface area (Å²) in [6, 6.07) is 9.24. The molecule has 4 heteroatoms. The zero-order valence-corrected chi connectivity index (χ0v) is 14.0. The van der Waals surface area contributed by atoms with Crippen LogP contribution in [0, 0.1) is 0 Å². The molecule has 0 amide bonds. The van der Waals surface area contributed by atoms with Gasteiger partial charge in [0, 0.05) is 24.6 Å². The predicted molar refractivity (Wildman–Crippen MR) is 100 cm³/mol. The summed E-state index contributed by atoms with van der Waals surface area (Å²) in [6.45, 7) is 0.545. The highest BCUT2D eigenvalue weighted by atomic mass is 16.5. The summed E-state index contributed by atoms with van der Waals surface area (Å²) in [6.07, 6.45) is 13.2. The molecule has 0 saturated carbocycles. The Kier molecular flexibility index (Phi) is 5.42. The molecule has 0 atom stereocenters. The van der Waals surface area contributed by atoms with Gasteiger partial charge in [-0.25, -0.2) is 0 Å². The SMILES string of the molecule is CN=C(/C=C\CC(=O)c1ccc2c(c1)OCC=C2)/C=C/c1ccco1. The highest BCUT2D eigenvalue weighted by molar-refractivity contribution is 6.07. The Morgan fingerprint density at radius 2 is 2.20 bits per heavy atom. The molecule has 1 aliphatic rings. The van der Waals surface area contributed by atoms with Crippen LogP contribution < -0.4 is 4.74 Å². The van der Waals surface area contributed by atoms with Crippen LogP contribution in [0.5, 0.6) is 5.75 Å². The van der Waals surface area contributed by atoms with Crippen molar-refractivity contribution in [1.29, 1.82) is 0 Å². The van der Waals surface area contributed by atoms with Crippen LogP contribution in [0.1, 0.15) is 28.1 Å². The summed E-state index contributed by atoms with van der Waals surface area (Å²) in [5.74, 6) is 1.56. The molecule has 3 rings (SSSR count). The molecule has 2 heterocycles. The lowest BCUT2D eigenvalue weighted by Crippen LogP contribution is -2.03. The maximum absolute atomic E-state index is 12.3. The lowest BCUT2D eigenvalue weighted by molar-refractivity contribution is 0.0995. The standard InChI is InChI=1S/C21H19NO3/c1-22-18(11-12-19-7-4-13-24-19)6-2-8-20(23)17-10-9-16-5-3-14-25-21(16)15-17/h2-7,9-13,15H,8,14H2,1H3/b6-2-,12-11+,22-18?. The molecule has 126 valence electrons. The van der Waals surface area contributed by atoms with E-state index in [4.69, 9.17) is 9.15 Å². The van der Waals surface area contributed by atoms with Gasteiger partial charge in [0.05, 0.1) is 12.0 Å². The minimum Gasteiger partial charge on any atom is -0.489 e. The minimum atomic E-state index is 0.0441. The van der Waals surface area contributed by atoms with Crippen LogP contribution in [-0.2, 0) is 0 Å². The molecule has 1 aliphatic heterocycles. The number of allylic oxidation sites excluding steroid dienone is 3. The van der Waals surface area contributed by atoms with E-state index in [0.29, 0.717) is 18.6 Å². The van der Waals surface area contributed by atoms with E-state index in [9.17, 15) is 4.79 Å². The second-order valence-electron chi connectivity index (χ2n) is 5.49. The van der Waals surface area contributed by atoms with E-state index in [2.05, 4.69) is 4.99 Å². The van der Waals surface area contributed by atoms with Gasteiger partial charge < -0.3 is 9.15 Å². The molecule has 4 nitrogen and oxygen atoms in total. The molecule has 0 aliphatic carbocycles. The van der Waals surface area contributed by atoms with Crippen LogP contribution in [0.25, 0.3) is 12.2 Å². The fraction of sp³-hybridized carbons (Fsp3) is 0.143. The van der Waals surface area contributed by atoms with Crippen molar-refractivity contribution in [2.24, 2.45) is 4.99 Å². The third-order valence-electron chi connectivity index (χ3n) is 3.78. The number of Topliss-reactive ketones (excluding diaryl/α,β-unsaturated/α-hetero) is 1. The van der Waals surface area contributed by atoms with Crippen molar-refractivity contribution in [2.75, 3.05) is 13.7 Å². The molecular weight excluding hydrogens is 314 g/mol. The van der Waals surface area contributed by atoms with Crippen molar-refractivity contribution < 1.29 is 13.9 Å². The van der Waals surface area contributed by atoms with Crippen molar-refractivity contribution in [3.8, 4) is 5.75 Å². The molecule has 25 heavy (non-hydrogen) atoms. The second-order valence-corrected chi connectivity index (χ2v) is 5.49. The molecule has 0 unspecified atom stereocenters. The zero-order valence-electron chi connectivity index (χ0n) is 14.0. The van der Waals surface area contributed by atoms with Crippen molar-refractivity contribution in [3.63, 3.8) is 0 Å². The zero-order chi connectivity index (χ0) is 17.5. The van der Waals surface area contributed by atoms with Gasteiger partial charge in [-0.1, -0.05) is 24.3 Å². The highest BCUT2D eigenvalue weighted by Crippen LogP contribution is 2.25. The number of ether oxygens (including phenoxy) is 1. The molecule has 0 radical (unpaired) electrons. The summed E-state index contributed by atoms with van der Waals surface area (Å²) in [4.78, 5) is 16.5. The summed E-state index contributed by atoms with van der Waals surface area (Å²) in [5, 5.41) is 0. The molecule has 1 aromatic heterocycles. The fourth-order valence-corrected chi connectivity index (χ4v) is 2.45. The van der Waals surface area contributed by atoms with Crippen LogP contribution >= 0.6 is 0 Å². The van der Waals surface area contributed by atoms with Gasteiger partial charge in [0.2, 0.25) is 0 Å². The first-order chi connectivity index (χ1) is 12.3. The first-order valence-corrected chi connectivity index (χ1v) is 8.08. The number of fused-ring (bicyclic) bond motifs is 1. The summed E-state index contributed by atoms with van der Waals surface area (Å²) in [5.41, 5.74) is 2.42. The Morgan fingerprint density at radius 3 is 3.00 bits per heavy atom. The number of carbonyl (C=O) groups excluding carboxylic acids is 1. The van der Waals surface area contributed by atoms with E-state index in [-0.39, 0.29) is 5.78 Å². The van der Waals surface area contributed by atoms with E-state index in [1.807, 2.05) is 60.7 Å². The first-order valence-electron chi connectivity index (χ1n) is 8.08. The molecule has 1 aromatic carbocycles. The van der Waals surface area contributed by atoms with Gasteiger partial charge in [-0.15, -0.1) is 0 Å². The number of ketones is 1. The van der Waals surface area contributed by atoms with Gasteiger partial charge in [0.15, 0.2) is 5.78 Å². The molecular formula is C21H19NO3. The molecule has 0 saturated heterocycles. The number of hydrogen-bond acceptors (Lipinski definition) is 4. The molecule has 0 bridgehead atoms. The number of rotatable bonds is 6. The first kappa shape index (κ1) is 16.7. The monoisotopic (exact) mass is 333 g/mol. The Bertz CT molecular complexity index is 855. The second kappa shape index (κ2) is 8.11. The van der Waals surface area contributed by atoms with Crippen molar-refractivity contribution in [3.05, 3.63) is 77.8 Å². The maximum atomic E-state index is 12.3. The number of nitrogens with zero attached hydrogens (tertiary/aromatic N) is 1. The molecule has 0 spiro atoms. The lowest BCUT2D eigenvalue weighted by atomic mass is 10.0. The summed E-state index contributed by atoms with van der Waals surface area (Å²) < 4.78 is 10.8. The summed E-state index contributed by atoms with van der Waals surface area (Å²) in [7, 11) is 1.71. The lowest BCUT2D eigenvalue weighted by Gasteiger charge is -2.12. The quantitative estimate of drug-likeness (QED) is 0.573. The Morgan fingerprint density at radius 1 is 1.28 bits per heavy atom. The highest BCUT2D eigenvalue weighted by Gasteiger charge is 2.10. The van der Waals surface area contributed by atoms with Gasteiger partial charge in [0.1, 0.15) is 18.1 Å². The third-order valence-corrected chi connectivity index (χ3v) is 3.78. The Hall–Kier alpha value is -3.14. The largest absolute Gasteiger partial charge is 0.489 e. The average molecular weight is 333 g/mol. The van der Waals surface area contributed by atoms with Crippen LogP contribution in [0.2, 0.25) is 0 Å². The topological polar surface area (TPSA) is 51.8 Å². The molecule has 2 aromatic rings. The van der Waals surface area contributed by atoms with E-state index >= 15 is 0 Å². The van der Waals surface area contributed by atoms with Gasteiger partial charge in [0.25, 0.3) is 0 Å². The number of aliphatic imine (C=N–C) groups is 1. The maximum Gasteiger partial charge on any atom is 0.166 e. The molecule has 0 fully saturated rings. The van der Waals surface area contributed by atoms with Crippen LogP contribution in [-0.4, -0.2) is 25.1 Å². The number of benzene rings is 1.